The zero-order valence-electron chi connectivity index (χ0n) is 18.1. The van der Waals surface area contributed by atoms with Gasteiger partial charge in [-0.3, -0.25) is 9.69 Å². The van der Waals surface area contributed by atoms with Gasteiger partial charge in [-0.15, -0.1) is 0 Å². The highest BCUT2D eigenvalue weighted by atomic mass is 32.2. The molecule has 8 heteroatoms. The maximum atomic E-state index is 12.7. The number of sulfonamides is 1. The minimum absolute atomic E-state index is 0.0913. The average Bonchev–Trinajstić information content (AvgIpc) is 3.47. The van der Waals surface area contributed by atoms with Gasteiger partial charge in [0.2, 0.25) is 10.0 Å². The highest BCUT2D eigenvalue weighted by Crippen LogP contribution is 2.19. The van der Waals surface area contributed by atoms with Gasteiger partial charge in [0.05, 0.1) is 0 Å². The van der Waals surface area contributed by atoms with E-state index in [-0.39, 0.29) is 17.3 Å². The molecule has 7 nitrogen and oxygen atoms in total. The third kappa shape index (κ3) is 5.56. The maximum absolute atomic E-state index is 12.7. The molecule has 1 amide bonds. The summed E-state index contributed by atoms with van der Waals surface area (Å²) in [6.07, 6.45) is 5.85. The first-order chi connectivity index (χ1) is 14.9. The summed E-state index contributed by atoms with van der Waals surface area (Å²) >= 11 is 0. The number of carbonyl (C=O) groups is 1. The Morgan fingerprint density at radius 2 is 1.81 bits per heavy atom. The fourth-order valence-electron chi connectivity index (χ4n) is 4.32. The zero-order valence-corrected chi connectivity index (χ0v) is 19.0. The minimum Gasteiger partial charge on any atom is -0.356 e. The second-order valence-corrected chi connectivity index (χ2v) is 10.6. The van der Waals surface area contributed by atoms with Crippen LogP contribution in [0.2, 0.25) is 0 Å². The van der Waals surface area contributed by atoms with Crippen LogP contribution < -0.4 is 4.72 Å². The lowest BCUT2D eigenvalue weighted by molar-refractivity contribution is 0.0787. The highest BCUT2D eigenvalue weighted by molar-refractivity contribution is 7.89. The van der Waals surface area contributed by atoms with Crippen LogP contribution in [0.15, 0.2) is 41.4 Å². The monoisotopic (exact) mass is 444 g/mol. The highest BCUT2D eigenvalue weighted by Gasteiger charge is 2.23. The third-order valence-electron chi connectivity index (χ3n) is 6.33. The van der Waals surface area contributed by atoms with E-state index >= 15 is 0 Å². The molecule has 31 heavy (non-hydrogen) atoms. The Morgan fingerprint density at radius 1 is 1.10 bits per heavy atom. The number of amides is 1. The molecule has 0 atom stereocenters. The normalized spacial score (nSPS) is 18.5. The Labute approximate surface area is 184 Å². The summed E-state index contributed by atoms with van der Waals surface area (Å²) in [7, 11) is -3.70. The second-order valence-electron chi connectivity index (χ2n) is 8.85. The molecule has 0 spiro atoms. The number of aromatic amines is 1. The van der Waals surface area contributed by atoms with Crippen LogP contribution in [0.25, 0.3) is 0 Å². The number of likely N-dealkylation sites (tertiary alicyclic amines) is 2. The molecule has 2 aromatic rings. The predicted molar refractivity (Wildman–Crippen MR) is 120 cm³/mol. The van der Waals surface area contributed by atoms with Crippen LogP contribution in [-0.4, -0.2) is 55.3 Å². The molecule has 168 valence electrons. The summed E-state index contributed by atoms with van der Waals surface area (Å²) in [5.74, 6) is 0.662. The first kappa shape index (κ1) is 22.0. The number of H-pyrrole nitrogens is 1. The molecule has 0 unspecified atom stereocenters. The van der Waals surface area contributed by atoms with Crippen molar-refractivity contribution < 1.29 is 13.2 Å². The van der Waals surface area contributed by atoms with Crippen molar-refractivity contribution in [3.05, 3.63) is 53.3 Å². The number of nitrogens with one attached hydrogen (secondary N) is 2. The Bertz CT molecular complexity index is 1000. The summed E-state index contributed by atoms with van der Waals surface area (Å²) in [5.41, 5.74) is 2.45. The van der Waals surface area contributed by atoms with E-state index in [1.807, 2.05) is 12.1 Å². The molecule has 2 N–H and O–H groups in total. The Hall–Kier alpha value is -2.16. The molecule has 2 fully saturated rings. The summed E-state index contributed by atoms with van der Waals surface area (Å²) in [6, 6.07) is 9.51. The number of aromatic nitrogens is 1. The van der Waals surface area contributed by atoms with Gasteiger partial charge in [0.25, 0.3) is 5.91 Å². The number of benzene rings is 1. The smallest absolute Gasteiger partial charge is 0.270 e. The van der Waals surface area contributed by atoms with Gasteiger partial charge in [-0.25, -0.2) is 13.1 Å². The summed E-state index contributed by atoms with van der Waals surface area (Å²) < 4.78 is 28.1. The Kier molecular flexibility index (Phi) is 6.79. The molecule has 2 saturated heterocycles. The Balaban J connectivity index is 1.35. The van der Waals surface area contributed by atoms with E-state index < -0.39 is 10.0 Å². The van der Waals surface area contributed by atoms with Gasteiger partial charge in [0.15, 0.2) is 0 Å². The van der Waals surface area contributed by atoms with Crippen molar-refractivity contribution in [1.82, 2.24) is 19.5 Å². The van der Waals surface area contributed by atoms with E-state index in [2.05, 4.69) is 33.7 Å². The van der Waals surface area contributed by atoms with Crippen LogP contribution in [0, 0.1) is 5.92 Å². The fraction of sp³-hybridized carbons (Fsp3) is 0.522. The van der Waals surface area contributed by atoms with E-state index in [9.17, 15) is 13.2 Å². The topological polar surface area (TPSA) is 85.5 Å². The van der Waals surface area contributed by atoms with E-state index in [0.717, 1.165) is 57.0 Å². The molecule has 4 rings (SSSR count). The predicted octanol–water partition coefficient (Wildman–Crippen LogP) is 2.96. The first-order valence-electron chi connectivity index (χ1n) is 11.2. The zero-order chi connectivity index (χ0) is 21.8. The van der Waals surface area contributed by atoms with Crippen LogP contribution in [0.4, 0.5) is 0 Å². The summed E-state index contributed by atoms with van der Waals surface area (Å²) in [4.78, 5) is 19.6. The van der Waals surface area contributed by atoms with Crippen molar-refractivity contribution in [2.45, 2.75) is 50.6 Å². The standard InChI is InChI=1S/C23H32N4O3S/c1-18-7-11-26(12-8-18)17-20-6-4-5-19(13-20)15-25-31(29,30)21-14-22(24-16-21)23(28)27-9-2-3-10-27/h4-6,13-14,16,18,24-25H,2-3,7-12,15,17H2,1H3. The molecular weight excluding hydrogens is 412 g/mol. The molecule has 1 aromatic carbocycles. The molecule has 0 aliphatic carbocycles. The first-order valence-corrected chi connectivity index (χ1v) is 12.7. The van der Waals surface area contributed by atoms with Crippen molar-refractivity contribution in [2.75, 3.05) is 26.2 Å². The van der Waals surface area contributed by atoms with E-state index in [1.165, 1.54) is 30.7 Å². The molecule has 0 radical (unpaired) electrons. The second kappa shape index (κ2) is 9.54. The van der Waals surface area contributed by atoms with Gasteiger partial charge >= 0.3 is 0 Å². The average molecular weight is 445 g/mol. The summed E-state index contributed by atoms with van der Waals surface area (Å²) in [6.45, 7) is 7.10. The quantitative estimate of drug-likeness (QED) is 0.688. The lowest BCUT2D eigenvalue weighted by Crippen LogP contribution is -2.32. The third-order valence-corrected chi connectivity index (χ3v) is 7.71. The van der Waals surface area contributed by atoms with E-state index in [1.54, 1.807) is 4.90 Å². The lowest BCUT2D eigenvalue weighted by Gasteiger charge is -2.30. The van der Waals surface area contributed by atoms with Crippen LogP contribution in [-0.2, 0) is 23.1 Å². The Morgan fingerprint density at radius 3 is 2.55 bits per heavy atom. The molecule has 1 aromatic heterocycles. The number of hydrogen-bond donors (Lipinski definition) is 2. The lowest BCUT2D eigenvalue weighted by atomic mass is 9.98. The van der Waals surface area contributed by atoms with Gasteiger partial charge < -0.3 is 9.88 Å². The van der Waals surface area contributed by atoms with Gasteiger partial charge in [0.1, 0.15) is 10.6 Å². The molecule has 0 bridgehead atoms. The number of rotatable bonds is 7. The minimum atomic E-state index is -3.70. The number of carbonyl (C=O) groups excluding carboxylic acids is 1. The van der Waals surface area contributed by atoms with Crippen molar-refractivity contribution in [3.8, 4) is 0 Å². The molecule has 2 aliphatic rings. The van der Waals surface area contributed by atoms with Gasteiger partial charge in [-0.05, 0) is 61.9 Å². The van der Waals surface area contributed by atoms with Crippen molar-refractivity contribution >= 4 is 15.9 Å². The molecular formula is C23H32N4O3S. The number of hydrogen-bond acceptors (Lipinski definition) is 4. The van der Waals surface area contributed by atoms with Gasteiger partial charge in [0, 0.05) is 32.4 Å². The van der Waals surface area contributed by atoms with Crippen molar-refractivity contribution in [3.63, 3.8) is 0 Å². The largest absolute Gasteiger partial charge is 0.356 e. The number of piperidine rings is 1. The molecule has 0 saturated carbocycles. The fourth-order valence-corrected chi connectivity index (χ4v) is 5.33. The van der Waals surface area contributed by atoms with Crippen LogP contribution >= 0.6 is 0 Å². The van der Waals surface area contributed by atoms with Crippen LogP contribution in [0.5, 0.6) is 0 Å². The van der Waals surface area contributed by atoms with Crippen LogP contribution in [0.1, 0.15) is 54.2 Å². The van der Waals surface area contributed by atoms with Gasteiger partial charge in [-0.1, -0.05) is 31.2 Å². The van der Waals surface area contributed by atoms with Gasteiger partial charge in [-0.2, -0.15) is 0 Å². The number of nitrogens with zero attached hydrogens (tertiary/aromatic N) is 2. The van der Waals surface area contributed by atoms with E-state index in [0.29, 0.717) is 5.69 Å². The SMILES string of the molecule is CC1CCN(Cc2cccc(CNS(=O)(=O)c3c[nH]c(C(=O)N4CCCC4)c3)c2)CC1. The molecule has 3 heterocycles. The summed E-state index contributed by atoms with van der Waals surface area (Å²) in [5, 5.41) is 0. The van der Waals surface area contributed by atoms with Crippen LogP contribution in [0.3, 0.4) is 0 Å². The van der Waals surface area contributed by atoms with Crippen molar-refractivity contribution in [1.29, 1.82) is 0 Å². The van der Waals surface area contributed by atoms with E-state index in [4.69, 9.17) is 0 Å². The van der Waals surface area contributed by atoms with Crippen molar-refractivity contribution in [2.24, 2.45) is 5.92 Å². The maximum Gasteiger partial charge on any atom is 0.270 e. The molecule has 2 aliphatic heterocycles.